The molecule has 254 valence electrons. The third-order valence-corrected chi connectivity index (χ3v) is 6.68. The van der Waals surface area contributed by atoms with E-state index in [-0.39, 0.29) is 30.1 Å². The molecule has 3 rings (SSSR count). The standard InChI is InChI=1S/C23H26O6.C7H14O3.C4H10.CH4O/c1-15(6-7-16(2)17-8-10-18(24)11-9-17)14-29-22-13-20(26-3)19(23(25)28-5)12-21(22)27-4;1-9-6-2-3-10-7(4-6)5-8;1-3-4-2;1-2/h6,8-13,24H,2,7,14H2,1,3-5H3;6-8H,2-5H2,1H3;3-4H2,1-2H3;2H,1H3/b15-6+;;;. The molecule has 2 atom stereocenters. The smallest absolute Gasteiger partial charge is 0.341 e. The maximum absolute atomic E-state index is 11.9. The monoisotopic (exact) mass is 634 g/mol. The van der Waals surface area contributed by atoms with E-state index in [1.54, 1.807) is 25.3 Å². The molecule has 0 amide bonds. The van der Waals surface area contributed by atoms with Crippen LogP contribution in [-0.2, 0) is 14.2 Å². The van der Waals surface area contributed by atoms with Crippen LogP contribution in [0.25, 0.3) is 5.57 Å². The number of phenolic OH excluding ortho intramolecular Hbond substituents is 1. The molecule has 1 aliphatic rings. The minimum Gasteiger partial charge on any atom is -0.508 e. The summed E-state index contributed by atoms with van der Waals surface area (Å²) in [7, 11) is 6.97. The van der Waals surface area contributed by atoms with Gasteiger partial charge in [0.05, 0.1) is 40.1 Å². The molecule has 0 radical (unpaired) electrons. The highest BCUT2D eigenvalue weighted by molar-refractivity contribution is 5.93. The summed E-state index contributed by atoms with van der Waals surface area (Å²) in [5, 5.41) is 25.1. The first kappa shape index (κ1) is 41.4. The largest absolute Gasteiger partial charge is 0.508 e. The Balaban J connectivity index is 0.000000993. The van der Waals surface area contributed by atoms with Crippen molar-refractivity contribution in [3.63, 3.8) is 0 Å². The van der Waals surface area contributed by atoms with Crippen LogP contribution in [0.2, 0.25) is 0 Å². The van der Waals surface area contributed by atoms with Crippen LogP contribution in [0.5, 0.6) is 23.0 Å². The van der Waals surface area contributed by atoms with Crippen molar-refractivity contribution in [3.8, 4) is 23.0 Å². The van der Waals surface area contributed by atoms with Gasteiger partial charge in [0.25, 0.3) is 0 Å². The minimum atomic E-state index is -0.518. The predicted molar refractivity (Wildman–Crippen MR) is 177 cm³/mol. The van der Waals surface area contributed by atoms with E-state index >= 15 is 0 Å². The summed E-state index contributed by atoms with van der Waals surface area (Å²) in [6, 6.07) is 10.1. The molecular weight excluding hydrogens is 580 g/mol. The van der Waals surface area contributed by atoms with E-state index in [1.807, 2.05) is 25.1 Å². The molecule has 0 spiro atoms. The molecule has 1 aliphatic heterocycles. The fraction of sp³-hybridized carbons (Fsp3) is 0.514. The zero-order valence-corrected chi connectivity index (χ0v) is 28.3. The fourth-order valence-electron chi connectivity index (χ4n) is 3.80. The molecule has 2 unspecified atom stereocenters. The number of phenols is 1. The molecule has 1 fully saturated rings. The van der Waals surface area contributed by atoms with E-state index in [0.29, 0.717) is 36.9 Å². The molecule has 0 aliphatic carbocycles. The van der Waals surface area contributed by atoms with Gasteiger partial charge in [0.15, 0.2) is 11.5 Å². The fourth-order valence-corrected chi connectivity index (χ4v) is 3.80. The molecule has 0 saturated carbocycles. The lowest BCUT2D eigenvalue weighted by Gasteiger charge is -2.27. The number of allylic oxidation sites excluding steroid dienone is 2. The maximum Gasteiger partial charge on any atom is 0.341 e. The number of carbonyl (C=O) groups is 1. The van der Waals surface area contributed by atoms with Gasteiger partial charge >= 0.3 is 5.97 Å². The van der Waals surface area contributed by atoms with Crippen molar-refractivity contribution in [2.24, 2.45) is 0 Å². The number of esters is 1. The van der Waals surface area contributed by atoms with Crippen LogP contribution in [-0.4, -0.2) is 88.9 Å². The zero-order valence-electron chi connectivity index (χ0n) is 28.3. The van der Waals surface area contributed by atoms with Crippen LogP contribution in [0.1, 0.15) is 68.8 Å². The normalized spacial score (nSPS) is 15.5. The molecule has 3 N–H and O–H groups in total. The number of aliphatic hydroxyl groups is 2. The van der Waals surface area contributed by atoms with E-state index in [9.17, 15) is 9.90 Å². The molecule has 2 aromatic carbocycles. The minimum absolute atomic E-state index is 0.00120. The van der Waals surface area contributed by atoms with Gasteiger partial charge in [-0.3, -0.25) is 0 Å². The summed E-state index contributed by atoms with van der Waals surface area (Å²) in [5.74, 6) is 0.921. The first-order valence-electron chi connectivity index (χ1n) is 15.0. The van der Waals surface area contributed by atoms with Gasteiger partial charge in [-0.05, 0) is 48.6 Å². The highest BCUT2D eigenvalue weighted by Gasteiger charge is 2.21. The van der Waals surface area contributed by atoms with Gasteiger partial charge < -0.3 is 43.7 Å². The summed E-state index contributed by atoms with van der Waals surface area (Å²) in [4.78, 5) is 11.9. The average molecular weight is 635 g/mol. The maximum atomic E-state index is 11.9. The first-order chi connectivity index (χ1) is 21.7. The van der Waals surface area contributed by atoms with Crippen molar-refractivity contribution < 1.29 is 48.5 Å². The number of benzene rings is 2. The number of hydrogen-bond donors (Lipinski definition) is 3. The van der Waals surface area contributed by atoms with E-state index in [2.05, 4.69) is 20.4 Å². The van der Waals surface area contributed by atoms with Crippen molar-refractivity contribution in [1.82, 2.24) is 0 Å². The topological polar surface area (TPSA) is 133 Å². The SMILES string of the molecule is C=C(C/C=C(\C)COc1cc(OC)c(C(=O)OC)cc1OC)c1ccc(O)cc1.CCCC.CO.COC1CCOC(CO)C1. The lowest BCUT2D eigenvalue weighted by atomic mass is 10.0. The van der Waals surface area contributed by atoms with E-state index in [4.69, 9.17) is 38.6 Å². The summed E-state index contributed by atoms with van der Waals surface area (Å²) < 4.78 is 31.6. The number of aromatic hydroxyl groups is 1. The Labute approximate surface area is 269 Å². The lowest BCUT2D eigenvalue weighted by Crippen LogP contribution is -2.32. The Bertz CT molecular complexity index is 1120. The van der Waals surface area contributed by atoms with E-state index < -0.39 is 5.97 Å². The summed E-state index contributed by atoms with van der Waals surface area (Å²) in [6.07, 6.45) is 7.38. The molecule has 1 saturated heterocycles. The Morgan fingerprint density at radius 3 is 2.13 bits per heavy atom. The van der Waals surface area contributed by atoms with Crippen LogP contribution in [0.4, 0.5) is 0 Å². The van der Waals surface area contributed by atoms with E-state index in [0.717, 1.165) is 36.7 Å². The van der Waals surface area contributed by atoms with Crippen molar-refractivity contribution in [2.45, 2.75) is 65.1 Å². The van der Waals surface area contributed by atoms with Crippen molar-refractivity contribution in [2.75, 3.05) is 55.4 Å². The third-order valence-electron chi connectivity index (χ3n) is 6.68. The molecule has 0 bridgehead atoms. The second kappa shape index (κ2) is 24.7. The highest BCUT2D eigenvalue weighted by Crippen LogP contribution is 2.35. The second-order valence-corrected chi connectivity index (χ2v) is 9.95. The van der Waals surface area contributed by atoms with Crippen LogP contribution in [0, 0.1) is 0 Å². The molecule has 1 heterocycles. The van der Waals surface area contributed by atoms with Crippen LogP contribution in [0.15, 0.2) is 54.6 Å². The number of methoxy groups -OCH3 is 4. The van der Waals surface area contributed by atoms with Gasteiger partial charge in [-0.25, -0.2) is 4.79 Å². The van der Waals surface area contributed by atoms with Gasteiger partial charge in [0.1, 0.15) is 23.7 Å². The van der Waals surface area contributed by atoms with Crippen molar-refractivity contribution in [3.05, 3.63) is 65.8 Å². The molecule has 2 aromatic rings. The van der Waals surface area contributed by atoms with Gasteiger partial charge in [-0.15, -0.1) is 0 Å². The number of unbranched alkanes of at least 4 members (excludes halogenated alkanes) is 1. The molecule has 10 heteroatoms. The lowest BCUT2D eigenvalue weighted by molar-refractivity contribution is -0.0761. The predicted octanol–water partition coefficient (Wildman–Crippen LogP) is 6.21. The Morgan fingerprint density at radius 2 is 1.62 bits per heavy atom. The van der Waals surface area contributed by atoms with Crippen LogP contribution >= 0.6 is 0 Å². The molecule has 10 nitrogen and oxygen atoms in total. The van der Waals surface area contributed by atoms with Crippen molar-refractivity contribution in [1.29, 1.82) is 0 Å². The Kier molecular flexibility index (Phi) is 22.8. The molecular formula is C35H54O10. The number of hydrogen-bond acceptors (Lipinski definition) is 10. The van der Waals surface area contributed by atoms with Gasteiger partial charge in [0, 0.05) is 39.4 Å². The van der Waals surface area contributed by atoms with Crippen molar-refractivity contribution >= 4 is 11.5 Å². The number of aliphatic hydroxyl groups excluding tert-OH is 2. The van der Waals surface area contributed by atoms with Gasteiger partial charge in [-0.1, -0.05) is 51.5 Å². The second-order valence-electron chi connectivity index (χ2n) is 9.95. The highest BCUT2D eigenvalue weighted by atomic mass is 16.5. The number of rotatable bonds is 12. The Morgan fingerprint density at radius 1 is 1.00 bits per heavy atom. The summed E-state index contributed by atoms with van der Waals surface area (Å²) in [6.45, 7) is 11.6. The van der Waals surface area contributed by atoms with Crippen LogP contribution < -0.4 is 14.2 Å². The van der Waals surface area contributed by atoms with Gasteiger partial charge in [-0.2, -0.15) is 0 Å². The Hall–Kier alpha value is -3.57. The first-order valence-corrected chi connectivity index (χ1v) is 15.0. The number of ether oxygens (including phenoxy) is 6. The van der Waals surface area contributed by atoms with E-state index in [1.165, 1.54) is 40.2 Å². The molecule has 45 heavy (non-hydrogen) atoms. The van der Waals surface area contributed by atoms with Gasteiger partial charge in [0.2, 0.25) is 0 Å². The molecule has 0 aromatic heterocycles. The zero-order chi connectivity index (χ0) is 34.2. The third kappa shape index (κ3) is 15.8. The quantitative estimate of drug-likeness (QED) is 0.183. The number of carbonyl (C=O) groups excluding carboxylic acids is 1. The average Bonchev–Trinajstić information content (AvgIpc) is 3.10. The summed E-state index contributed by atoms with van der Waals surface area (Å²) >= 11 is 0. The summed E-state index contributed by atoms with van der Waals surface area (Å²) in [5.41, 5.74) is 3.17. The van der Waals surface area contributed by atoms with Crippen LogP contribution in [0.3, 0.4) is 0 Å².